The molecule has 7 heteroatoms. The van der Waals surface area contributed by atoms with E-state index >= 15 is 0 Å². The van der Waals surface area contributed by atoms with Crippen molar-refractivity contribution in [3.05, 3.63) is 72.2 Å². The predicted molar refractivity (Wildman–Crippen MR) is 123 cm³/mol. The third-order valence-corrected chi connectivity index (χ3v) is 6.07. The fourth-order valence-corrected chi connectivity index (χ4v) is 4.21. The summed E-state index contributed by atoms with van der Waals surface area (Å²) in [5, 5.41) is 9.29. The van der Waals surface area contributed by atoms with Gasteiger partial charge in [0.15, 0.2) is 0 Å². The molecule has 0 unspecified atom stereocenters. The highest BCUT2D eigenvalue weighted by Crippen LogP contribution is 2.25. The summed E-state index contributed by atoms with van der Waals surface area (Å²) in [7, 11) is 0. The molecule has 164 valence electrons. The number of hydrogen-bond acceptors (Lipinski definition) is 5. The van der Waals surface area contributed by atoms with E-state index in [2.05, 4.69) is 39.4 Å². The minimum Gasteiger partial charge on any atom is -0.421 e. The van der Waals surface area contributed by atoms with Gasteiger partial charge in [0, 0.05) is 56.4 Å². The van der Waals surface area contributed by atoms with Crippen LogP contribution in [0.5, 0.6) is 0 Å². The van der Waals surface area contributed by atoms with E-state index in [1.165, 1.54) is 5.56 Å². The summed E-state index contributed by atoms with van der Waals surface area (Å²) in [6, 6.07) is 18.6. The lowest BCUT2D eigenvalue weighted by Gasteiger charge is -2.35. The average molecular weight is 430 g/mol. The van der Waals surface area contributed by atoms with Crippen LogP contribution in [0.2, 0.25) is 0 Å². The first kappa shape index (κ1) is 20.5. The zero-order valence-electron chi connectivity index (χ0n) is 18.3. The lowest BCUT2D eigenvalue weighted by atomic mass is 10.1. The van der Waals surface area contributed by atoms with Crippen molar-refractivity contribution in [2.24, 2.45) is 0 Å². The molecule has 0 spiro atoms. The Balaban J connectivity index is 1.24. The SMILES string of the molecule is CCc1nnc(-c2ccc3ccn(CC(=O)N4CCN(Cc5ccccc5)CC4)c3c2)o1. The summed E-state index contributed by atoms with van der Waals surface area (Å²) >= 11 is 0. The fourth-order valence-electron chi connectivity index (χ4n) is 4.21. The van der Waals surface area contributed by atoms with Crippen LogP contribution in [0.3, 0.4) is 0 Å². The van der Waals surface area contributed by atoms with Gasteiger partial charge in [-0.05, 0) is 29.1 Å². The molecule has 1 aliphatic heterocycles. The highest BCUT2D eigenvalue weighted by atomic mass is 16.4. The minimum absolute atomic E-state index is 0.151. The number of hydrogen-bond donors (Lipinski definition) is 0. The first-order valence-corrected chi connectivity index (χ1v) is 11.2. The quantitative estimate of drug-likeness (QED) is 0.469. The van der Waals surface area contributed by atoms with Crippen molar-refractivity contribution >= 4 is 16.8 Å². The van der Waals surface area contributed by atoms with Gasteiger partial charge in [-0.3, -0.25) is 9.69 Å². The van der Waals surface area contributed by atoms with Gasteiger partial charge < -0.3 is 13.9 Å². The van der Waals surface area contributed by atoms with Gasteiger partial charge >= 0.3 is 0 Å². The smallest absolute Gasteiger partial charge is 0.247 e. The Bertz CT molecular complexity index is 1210. The van der Waals surface area contributed by atoms with Crippen molar-refractivity contribution in [1.29, 1.82) is 0 Å². The van der Waals surface area contributed by atoms with Crippen molar-refractivity contribution < 1.29 is 9.21 Å². The molecule has 1 saturated heterocycles. The van der Waals surface area contributed by atoms with E-state index in [4.69, 9.17) is 4.42 Å². The third-order valence-electron chi connectivity index (χ3n) is 6.07. The first-order valence-electron chi connectivity index (χ1n) is 11.2. The second-order valence-corrected chi connectivity index (χ2v) is 8.21. The molecule has 0 atom stereocenters. The molecule has 5 rings (SSSR count). The predicted octanol–water partition coefficient (Wildman–Crippen LogP) is 3.60. The Hall–Kier alpha value is -3.45. The fraction of sp³-hybridized carbons (Fsp3) is 0.320. The number of carbonyl (C=O) groups is 1. The van der Waals surface area contributed by atoms with Gasteiger partial charge in [-0.2, -0.15) is 0 Å². The zero-order valence-corrected chi connectivity index (χ0v) is 18.3. The monoisotopic (exact) mass is 429 g/mol. The van der Waals surface area contributed by atoms with Crippen LogP contribution in [0.1, 0.15) is 18.4 Å². The van der Waals surface area contributed by atoms with Crippen LogP contribution in [0.4, 0.5) is 0 Å². The molecule has 0 radical (unpaired) electrons. The number of rotatable bonds is 6. The van der Waals surface area contributed by atoms with Crippen LogP contribution in [-0.4, -0.2) is 56.7 Å². The lowest BCUT2D eigenvalue weighted by molar-refractivity contribution is -0.133. The van der Waals surface area contributed by atoms with Crippen LogP contribution >= 0.6 is 0 Å². The molecule has 7 nitrogen and oxygen atoms in total. The molecule has 4 aromatic rings. The number of fused-ring (bicyclic) bond motifs is 1. The van der Waals surface area contributed by atoms with Gasteiger partial charge in [0.1, 0.15) is 6.54 Å². The summed E-state index contributed by atoms with van der Waals surface area (Å²) in [5.74, 6) is 1.28. The van der Waals surface area contributed by atoms with Crippen molar-refractivity contribution in [3.63, 3.8) is 0 Å². The average Bonchev–Trinajstić information content (AvgIpc) is 3.47. The Morgan fingerprint density at radius 3 is 2.56 bits per heavy atom. The minimum atomic E-state index is 0.151. The molecule has 0 N–H and O–H groups in total. The molecule has 1 fully saturated rings. The number of aromatic nitrogens is 3. The van der Waals surface area contributed by atoms with E-state index in [1.54, 1.807) is 0 Å². The van der Waals surface area contributed by atoms with Gasteiger partial charge in [0.25, 0.3) is 0 Å². The Morgan fingerprint density at radius 1 is 1.00 bits per heavy atom. The zero-order chi connectivity index (χ0) is 21.9. The number of amides is 1. The molecule has 0 bridgehead atoms. The van der Waals surface area contributed by atoms with E-state index in [0.717, 1.165) is 49.2 Å². The Morgan fingerprint density at radius 2 is 1.81 bits per heavy atom. The second-order valence-electron chi connectivity index (χ2n) is 8.21. The number of carbonyl (C=O) groups excluding carboxylic acids is 1. The van der Waals surface area contributed by atoms with E-state index in [0.29, 0.717) is 24.7 Å². The van der Waals surface area contributed by atoms with Crippen LogP contribution in [0, 0.1) is 0 Å². The van der Waals surface area contributed by atoms with Gasteiger partial charge in [-0.15, -0.1) is 10.2 Å². The summed E-state index contributed by atoms with van der Waals surface area (Å²) in [6.45, 7) is 6.57. The van der Waals surface area contributed by atoms with Gasteiger partial charge in [0.2, 0.25) is 17.7 Å². The number of aryl methyl sites for hydroxylation is 1. The number of benzene rings is 2. The summed E-state index contributed by atoms with van der Waals surface area (Å²) in [6.07, 6.45) is 2.68. The molecule has 2 aromatic heterocycles. The summed E-state index contributed by atoms with van der Waals surface area (Å²) in [4.78, 5) is 17.4. The largest absolute Gasteiger partial charge is 0.421 e. The molecule has 0 aliphatic carbocycles. The number of piperazine rings is 1. The van der Waals surface area contributed by atoms with Gasteiger partial charge in [-0.1, -0.05) is 43.3 Å². The lowest BCUT2D eigenvalue weighted by Crippen LogP contribution is -2.49. The van der Waals surface area contributed by atoms with Crippen LogP contribution in [0.25, 0.3) is 22.4 Å². The normalized spacial score (nSPS) is 14.8. The van der Waals surface area contributed by atoms with Crippen molar-refractivity contribution in [1.82, 2.24) is 24.6 Å². The third kappa shape index (κ3) is 4.29. The van der Waals surface area contributed by atoms with E-state index in [9.17, 15) is 4.79 Å². The molecule has 0 saturated carbocycles. The van der Waals surface area contributed by atoms with Crippen LogP contribution in [-0.2, 0) is 24.3 Å². The molecule has 32 heavy (non-hydrogen) atoms. The maximum absolute atomic E-state index is 13.0. The highest BCUT2D eigenvalue weighted by molar-refractivity contribution is 5.86. The van der Waals surface area contributed by atoms with E-state index < -0.39 is 0 Å². The van der Waals surface area contributed by atoms with Crippen molar-refractivity contribution in [2.45, 2.75) is 26.4 Å². The Labute approximate surface area is 187 Å². The van der Waals surface area contributed by atoms with E-state index in [1.807, 2.05) is 52.9 Å². The van der Waals surface area contributed by atoms with Crippen molar-refractivity contribution in [2.75, 3.05) is 26.2 Å². The van der Waals surface area contributed by atoms with E-state index in [-0.39, 0.29) is 5.91 Å². The molecular weight excluding hydrogens is 402 g/mol. The molecule has 1 aliphatic rings. The first-order chi connectivity index (χ1) is 15.7. The standard InChI is InChI=1S/C25H27N5O2/c1-2-23-26-27-25(32-23)21-9-8-20-10-11-30(22(20)16-21)18-24(31)29-14-12-28(13-15-29)17-19-6-4-3-5-7-19/h3-11,16H,2,12-15,17-18H2,1H3. The highest BCUT2D eigenvalue weighted by Gasteiger charge is 2.22. The number of nitrogens with zero attached hydrogens (tertiary/aromatic N) is 5. The second kappa shape index (κ2) is 8.96. The van der Waals surface area contributed by atoms with Crippen LogP contribution < -0.4 is 0 Å². The van der Waals surface area contributed by atoms with Gasteiger partial charge in [0.05, 0.1) is 0 Å². The maximum Gasteiger partial charge on any atom is 0.247 e. The topological polar surface area (TPSA) is 67.4 Å². The molecular formula is C25H27N5O2. The maximum atomic E-state index is 13.0. The molecule has 2 aromatic carbocycles. The van der Waals surface area contributed by atoms with Gasteiger partial charge in [-0.25, -0.2) is 0 Å². The summed E-state index contributed by atoms with van der Waals surface area (Å²) < 4.78 is 7.71. The molecule has 3 heterocycles. The molecule has 1 amide bonds. The van der Waals surface area contributed by atoms with Crippen LogP contribution in [0.15, 0.2) is 65.2 Å². The Kier molecular flexibility index (Phi) is 5.73. The van der Waals surface area contributed by atoms with Crippen molar-refractivity contribution in [3.8, 4) is 11.5 Å². The summed E-state index contributed by atoms with van der Waals surface area (Å²) in [5.41, 5.74) is 3.18.